The third-order valence-electron chi connectivity index (χ3n) is 3.01. The van der Waals surface area contributed by atoms with Crippen molar-refractivity contribution in [1.29, 1.82) is 0 Å². The summed E-state index contributed by atoms with van der Waals surface area (Å²) >= 11 is 3.45. The molecule has 5 heteroatoms. The Morgan fingerprint density at radius 2 is 1.71 bits per heavy atom. The third-order valence-corrected chi connectivity index (χ3v) is 3.78. The highest BCUT2D eigenvalue weighted by atomic mass is 79.9. The van der Waals surface area contributed by atoms with E-state index in [4.69, 9.17) is 4.74 Å². The number of hydrogen-bond donors (Lipinski definition) is 2. The maximum atomic E-state index is 11.8. The highest BCUT2D eigenvalue weighted by molar-refractivity contribution is 9.10. The Balaban J connectivity index is 1.78. The topological polar surface area (TPSA) is 50.4 Å². The molecule has 0 saturated heterocycles. The number of rotatable bonds is 5. The zero-order valence-corrected chi connectivity index (χ0v) is 13.3. The third kappa shape index (κ3) is 4.79. The fourth-order valence-electron chi connectivity index (χ4n) is 1.81. The second kappa shape index (κ2) is 7.69. The quantitative estimate of drug-likeness (QED) is 0.869. The van der Waals surface area contributed by atoms with Gasteiger partial charge in [-0.05, 0) is 29.3 Å². The zero-order chi connectivity index (χ0) is 15.1. The van der Waals surface area contributed by atoms with Crippen LogP contribution in [0.5, 0.6) is 5.75 Å². The summed E-state index contributed by atoms with van der Waals surface area (Å²) in [5.41, 5.74) is 2.06. The van der Waals surface area contributed by atoms with Crippen molar-refractivity contribution in [2.45, 2.75) is 13.1 Å². The minimum Gasteiger partial charge on any atom is -0.497 e. The lowest BCUT2D eigenvalue weighted by atomic mass is 10.2. The number of carbonyl (C=O) groups excluding carboxylic acids is 1. The first-order chi connectivity index (χ1) is 10.2. The maximum absolute atomic E-state index is 11.8. The monoisotopic (exact) mass is 348 g/mol. The van der Waals surface area contributed by atoms with Crippen LogP contribution in [0.15, 0.2) is 53.0 Å². The average Bonchev–Trinajstić information content (AvgIpc) is 2.52. The largest absolute Gasteiger partial charge is 0.497 e. The molecule has 2 aromatic carbocycles. The van der Waals surface area contributed by atoms with E-state index in [0.29, 0.717) is 13.1 Å². The Bertz CT molecular complexity index is 599. The molecule has 4 nitrogen and oxygen atoms in total. The Hall–Kier alpha value is -2.01. The first-order valence-electron chi connectivity index (χ1n) is 6.57. The van der Waals surface area contributed by atoms with Crippen molar-refractivity contribution in [3.63, 3.8) is 0 Å². The molecule has 2 aromatic rings. The number of hydrogen-bond acceptors (Lipinski definition) is 2. The summed E-state index contributed by atoms with van der Waals surface area (Å²) in [4.78, 5) is 11.8. The van der Waals surface area contributed by atoms with Crippen molar-refractivity contribution in [1.82, 2.24) is 10.6 Å². The van der Waals surface area contributed by atoms with Crippen molar-refractivity contribution in [3.8, 4) is 5.75 Å². The molecule has 2 rings (SSSR count). The van der Waals surface area contributed by atoms with Crippen molar-refractivity contribution < 1.29 is 9.53 Å². The molecule has 0 saturated carbocycles. The standard InChI is InChI=1S/C16H17BrN2O2/c1-21-14-8-6-12(7-9-14)10-18-16(20)19-11-13-4-2-3-5-15(13)17/h2-9H,10-11H2,1H3,(H2,18,19,20). The SMILES string of the molecule is COc1ccc(CNC(=O)NCc2ccccc2Br)cc1. The summed E-state index contributed by atoms with van der Waals surface area (Å²) in [5.74, 6) is 0.803. The highest BCUT2D eigenvalue weighted by Gasteiger charge is 2.03. The van der Waals surface area contributed by atoms with E-state index in [-0.39, 0.29) is 6.03 Å². The summed E-state index contributed by atoms with van der Waals surface area (Å²) in [7, 11) is 1.63. The summed E-state index contributed by atoms with van der Waals surface area (Å²) in [6, 6.07) is 15.2. The molecular formula is C16H17BrN2O2. The molecule has 0 aliphatic heterocycles. The molecule has 0 heterocycles. The van der Waals surface area contributed by atoms with Gasteiger partial charge in [-0.1, -0.05) is 46.3 Å². The molecule has 0 unspecified atom stereocenters. The summed E-state index contributed by atoms with van der Waals surface area (Å²) in [5, 5.41) is 5.65. The lowest BCUT2D eigenvalue weighted by Gasteiger charge is -2.09. The molecule has 0 bridgehead atoms. The molecule has 21 heavy (non-hydrogen) atoms. The summed E-state index contributed by atoms with van der Waals surface area (Å²) < 4.78 is 6.08. The van der Waals surface area contributed by atoms with E-state index < -0.39 is 0 Å². The van der Waals surface area contributed by atoms with Crippen LogP contribution in [0.2, 0.25) is 0 Å². The number of halogens is 1. The first-order valence-corrected chi connectivity index (χ1v) is 7.36. The number of ether oxygens (including phenoxy) is 1. The maximum Gasteiger partial charge on any atom is 0.315 e. The van der Waals surface area contributed by atoms with Crippen molar-refractivity contribution in [2.75, 3.05) is 7.11 Å². The highest BCUT2D eigenvalue weighted by Crippen LogP contribution is 2.15. The van der Waals surface area contributed by atoms with Crippen LogP contribution in [0, 0.1) is 0 Å². The van der Waals surface area contributed by atoms with Crippen LogP contribution >= 0.6 is 15.9 Å². The number of amides is 2. The molecule has 0 atom stereocenters. The van der Waals surface area contributed by atoms with Crippen LogP contribution in [0.4, 0.5) is 4.79 Å². The van der Waals surface area contributed by atoms with Gasteiger partial charge < -0.3 is 15.4 Å². The van der Waals surface area contributed by atoms with E-state index in [1.54, 1.807) is 7.11 Å². The Kier molecular flexibility index (Phi) is 5.63. The number of nitrogens with one attached hydrogen (secondary N) is 2. The lowest BCUT2D eigenvalue weighted by Crippen LogP contribution is -2.34. The van der Waals surface area contributed by atoms with E-state index in [1.165, 1.54) is 0 Å². The Labute approximate surface area is 132 Å². The second-order valence-corrected chi connectivity index (χ2v) is 5.33. The average molecular weight is 349 g/mol. The van der Waals surface area contributed by atoms with Crippen LogP contribution in [-0.2, 0) is 13.1 Å². The van der Waals surface area contributed by atoms with Gasteiger partial charge in [0.15, 0.2) is 0 Å². The molecule has 0 spiro atoms. The molecule has 0 aliphatic carbocycles. The van der Waals surface area contributed by atoms with Crippen LogP contribution in [0.25, 0.3) is 0 Å². The normalized spacial score (nSPS) is 10.0. The molecule has 0 fully saturated rings. The van der Waals surface area contributed by atoms with Crippen LogP contribution in [-0.4, -0.2) is 13.1 Å². The number of methoxy groups -OCH3 is 1. The van der Waals surface area contributed by atoms with Crippen LogP contribution in [0.1, 0.15) is 11.1 Å². The predicted molar refractivity (Wildman–Crippen MR) is 86.2 cm³/mol. The first kappa shape index (κ1) is 15.4. The molecule has 2 N–H and O–H groups in total. The molecule has 0 aromatic heterocycles. The van der Waals surface area contributed by atoms with Gasteiger partial charge in [0.2, 0.25) is 0 Å². The molecule has 0 aliphatic rings. The summed E-state index contributed by atoms with van der Waals surface area (Å²) in [6.45, 7) is 0.960. The summed E-state index contributed by atoms with van der Waals surface area (Å²) in [6.07, 6.45) is 0. The van der Waals surface area contributed by atoms with Gasteiger partial charge in [-0.15, -0.1) is 0 Å². The van der Waals surface area contributed by atoms with Gasteiger partial charge in [0.05, 0.1) is 7.11 Å². The van der Waals surface area contributed by atoms with Gasteiger partial charge in [0.1, 0.15) is 5.75 Å². The van der Waals surface area contributed by atoms with Gasteiger partial charge in [-0.25, -0.2) is 4.79 Å². The zero-order valence-electron chi connectivity index (χ0n) is 11.7. The fourth-order valence-corrected chi connectivity index (χ4v) is 2.23. The van der Waals surface area contributed by atoms with Crippen molar-refractivity contribution in [2.24, 2.45) is 0 Å². The Morgan fingerprint density at radius 1 is 1.05 bits per heavy atom. The molecule has 0 radical (unpaired) electrons. The number of benzene rings is 2. The minimum absolute atomic E-state index is 0.193. The Morgan fingerprint density at radius 3 is 2.38 bits per heavy atom. The predicted octanol–water partition coefficient (Wildman–Crippen LogP) is 3.46. The van der Waals surface area contributed by atoms with Crippen LogP contribution in [0.3, 0.4) is 0 Å². The van der Waals surface area contributed by atoms with E-state index >= 15 is 0 Å². The van der Waals surface area contributed by atoms with Gasteiger partial charge in [-0.2, -0.15) is 0 Å². The van der Waals surface area contributed by atoms with Gasteiger partial charge in [0, 0.05) is 17.6 Å². The molecular weight excluding hydrogens is 332 g/mol. The molecule has 110 valence electrons. The van der Waals surface area contributed by atoms with Crippen molar-refractivity contribution >= 4 is 22.0 Å². The molecule has 2 amide bonds. The smallest absolute Gasteiger partial charge is 0.315 e. The number of carbonyl (C=O) groups is 1. The van der Waals surface area contributed by atoms with E-state index in [1.807, 2.05) is 48.5 Å². The van der Waals surface area contributed by atoms with Gasteiger partial charge in [-0.3, -0.25) is 0 Å². The van der Waals surface area contributed by atoms with E-state index in [2.05, 4.69) is 26.6 Å². The second-order valence-electron chi connectivity index (χ2n) is 4.48. The number of urea groups is 1. The van der Waals surface area contributed by atoms with Gasteiger partial charge >= 0.3 is 6.03 Å². The van der Waals surface area contributed by atoms with E-state index in [9.17, 15) is 4.79 Å². The van der Waals surface area contributed by atoms with Gasteiger partial charge in [0.25, 0.3) is 0 Å². The minimum atomic E-state index is -0.193. The van der Waals surface area contributed by atoms with E-state index in [0.717, 1.165) is 21.3 Å². The van der Waals surface area contributed by atoms with Crippen LogP contribution < -0.4 is 15.4 Å². The lowest BCUT2D eigenvalue weighted by molar-refractivity contribution is 0.240. The van der Waals surface area contributed by atoms with Crippen molar-refractivity contribution in [3.05, 3.63) is 64.1 Å². The fraction of sp³-hybridized carbons (Fsp3) is 0.188.